The third-order valence-electron chi connectivity index (χ3n) is 3.32. The van der Waals surface area contributed by atoms with Crippen molar-refractivity contribution in [1.29, 1.82) is 0 Å². The number of hydrogen-bond acceptors (Lipinski definition) is 2. The maximum absolute atomic E-state index is 14.8. The molecule has 1 aromatic heterocycles. The highest BCUT2D eigenvalue weighted by Gasteiger charge is 2.38. The van der Waals surface area contributed by atoms with Crippen LogP contribution in [0.3, 0.4) is 0 Å². The van der Waals surface area contributed by atoms with E-state index in [-0.39, 0.29) is 0 Å². The predicted octanol–water partition coefficient (Wildman–Crippen LogP) is 4.03. The summed E-state index contributed by atoms with van der Waals surface area (Å²) in [6, 6.07) is 6.67. The van der Waals surface area contributed by atoms with E-state index >= 15 is 0 Å². The fourth-order valence-electron chi connectivity index (χ4n) is 2.14. The number of rotatable bonds is 5. The molecular weight excluding hydrogens is 252 g/mol. The molecule has 1 heterocycles. The Bertz CT molecular complexity index is 525. The van der Waals surface area contributed by atoms with E-state index in [4.69, 9.17) is 0 Å². The number of fused-ring (bicyclic) bond motifs is 1. The van der Waals surface area contributed by atoms with Gasteiger partial charge >= 0.3 is 0 Å². The lowest BCUT2D eigenvalue weighted by Crippen LogP contribution is -2.45. The Morgan fingerprint density at radius 1 is 1.39 bits per heavy atom. The van der Waals surface area contributed by atoms with Gasteiger partial charge < -0.3 is 5.32 Å². The lowest BCUT2D eigenvalue weighted by molar-refractivity contribution is 0.0776. The SMILES string of the molecule is CCNC(C)C(F)(CF)c1ccc2sccc2c1. The summed E-state index contributed by atoms with van der Waals surface area (Å²) in [7, 11) is 0. The van der Waals surface area contributed by atoms with Crippen molar-refractivity contribution < 1.29 is 8.78 Å². The molecule has 1 nitrogen and oxygen atoms in total. The Labute approximate surface area is 110 Å². The highest BCUT2D eigenvalue weighted by Crippen LogP contribution is 2.33. The van der Waals surface area contributed by atoms with Gasteiger partial charge in [-0.3, -0.25) is 0 Å². The molecule has 0 bridgehead atoms. The minimum Gasteiger partial charge on any atom is -0.311 e. The molecule has 4 heteroatoms. The second kappa shape index (κ2) is 5.33. The van der Waals surface area contributed by atoms with Crippen LogP contribution in [0.2, 0.25) is 0 Å². The van der Waals surface area contributed by atoms with Crippen LogP contribution in [-0.2, 0) is 5.67 Å². The van der Waals surface area contributed by atoms with E-state index < -0.39 is 18.4 Å². The van der Waals surface area contributed by atoms with Gasteiger partial charge in [0.25, 0.3) is 0 Å². The standard InChI is InChI=1S/C14H17F2NS/c1-3-17-10(2)14(16,9-15)12-4-5-13-11(8-12)6-7-18-13/h4-8,10,17H,3,9H2,1-2H3. The molecule has 0 spiro atoms. The van der Waals surface area contributed by atoms with E-state index in [0.29, 0.717) is 12.1 Å². The maximum atomic E-state index is 14.8. The van der Waals surface area contributed by atoms with Crippen LogP contribution in [0.4, 0.5) is 8.78 Å². The Kier molecular flexibility index (Phi) is 3.97. The van der Waals surface area contributed by atoms with Gasteiger partial charge in [0.1, 0.15) is 6.67 Å². The van der Waals surface area contributed by atoms with Gasteiger partial charge in [-0.1, -0.05) is 13.0 Å². The molecule has 1 N–H and O–H groups in total. The van der Waals surface area contributed by atoms with Crippen molar-refractivity contribution in [2.75, 3.05) is 13.2 Å². The molecule has 1 aromatic carbocycles. The summed E-state index contributed by atoms with van der Waals surface area (Å²) < 4.78 is 29.1. The molecule has 0 fully saturated rings. The maximum Gasteiger partial charge on any atom is 0.178 e. The van der Waals surface area contributed by atoms with Gasteiger partial charge in [-0.25, -0.2) is 8.78 Å². The van der Waals surface area contributed by atoms with E-state index in [1.54, 1.807) is 30.4 Å². The first-order valence-corrected chi connectivity index (χ1v) is 6.95. The number of likely N-dealkylation sites (N-methyl/N-ethyl adjacent to an activating group) is 1. The summed E-state index contributed by atoms with van der Waals surface area (Å²) >= 11 is 1.60. The minimum atomic E-state index is -1.97. The number of thiophene rings is 1. The number of nitrogens with one attached hydrogen (secondary N) is 1. The second-order valence-corrected chi connectivity index (χ2v) is 5.40. The van der Waals surface area contributed by atoms with Crippen LogP contribution < -0.4 is 5.32 Å². The first-order valence-electron chi connectivity index (χ1n) is 6.08. The molecule has 18 heavy (non-hydrogen) atoms. The average Bonchev–Trinajstić information content (AvgIpc) is 2.85. The summed E-state index contributed by atoms with van der Waals surface area (Å²) in [6.07, 6.45) is 0. The van der Waals surface area contributed by atoms with Crippen molar-refractivity contribution >= 4 is 21.4 Å². The quantitative estimate of drug-likeness (QED) is 0.864. The fraction of sp³-hybridized carbons (Fsp3) is 0.429. The molecule has 0 aliphatic carbocycles. The third kappa shape index (κ3) is 2.27. The van der Waals surface area contributed by atoms with Gasteiger partial charge in [0.05, 0.1) is 0 Å². The molecule has 98 valence electrons. The first kappa shape index (κ1) is 13.4. The molecule has 0 aliphatic rings. The monoisotopic (exact) mass is 269 g/mol. The Hall–Kier alpha value is -1.00. The molecule has 0 saturated carbocycles. The summed E-state index contributed by atoms with van der Waals surface area (Å²) in [5, 5.41) is 5.89. The van der Waals surface area contributed by atoms with Gasteiger partial charge in [-0.2, -0.15) is 0 Å². The van der Waals surface area contributed by atoms with Crippen LogP contribution in [0.15, 0.2) is 29.6 Å². The van der Waals surface area contributed by atoms with Gasteiger partial charge in [-0.05, 0) is 48.0 Å². The largest absolute Gasteiger partial charge is 0.311 e. The normalized spacial score (nSPS) is 16.7. The predicted molar refractivity (Wildman–Crippen MR) is 73.7 cm³/mol. The van der Waals surface area contributed by atoms with E-state index in [1.807, 2.05) is 24.4 Å². The lowest BCUT2D eigenvalue weighted by Gasteiger charge is -2.30. The molecule has 0 radical (unpaired) electrons. The van der Waals surface area contributed by atoms with Crippen molar-refractivity contribution in [2.24, 2.45) is 0 Å². The van der Waals surface area contributed by atoms with Gasteiger partial charge in [0.2, 0.25) is 0 Å². The minimum absolute atomic E-state index is 0.407. The Balaban J connectivity index is 2.41. The van der Waals surface area contributed by atoms with Crippen LogP contribution in [-0.4, -0.2) is 19.3 Å². The Morgan fingerprint density at radius 3 is 2.83 bits per heavy atom. The van der Waals surface area contributed by atoms with Crippen molar-refractivity contribution in [3.05, 3.63) is 35.2 Å². The highest BCUT2D eigenvalue weighted by atomic mass is 32.1. The summed E-state index contributed by atoms with van der Waals surface area (Å²) in [5.41, 5.74) is -1.56. The zero-order valence-electron chi connectivity index (χ0n) is 10.5. The van der Waals surface area contributed by atoms with E-state index in [2.05, 4.69) is 5.32 Å². The summed E-state index contributed by atoms with van der Waals surface area (Å²) in [6.45, 7) is 3.17. The number of hydrogen-bond donors (Lipinski definition) is 1. The van der Waals surface area contributed by atoms with E-state index in [1.165, 1.54) is 0 Å². The zero-order valence-corrected chi connectivity index (χ0v) is 11.4. The topological polar surface area (TPSA) is 12.0 Å². The second-order valence-electron chi connectivity index (χ2n) is 4.45. The van der Waals surface area contributed by atoms with Gasteiger partial charge in [-0.15, -0.1) is 11.3 Å². The number of alkyl halides is 2. The fourth-order valence-corrected chi connectivity index (χ4v) is 2.91. The lowest BCUT2D eigenvalue weighted by atomic mass is 9.89. The molecule has 0 amide bonds. The van der Waals surface area contributed by atoms with Crippen LogP contribution in [0.25, 0.3) is 10.1 Å². The molecule has 2 aromatic rings. The average molecular weight is 269 g/mol. The highest BCUT2D eigenvalue weighted by molar-refractivity contribution is 7.17. The van der Waals surface area contributed by atoms with Gasteiger partial charge in [0.15, 0.2) is 5.67 Å². The zero-order chi connectivity index (χ0) is 13.2. The van der Waals surface area contributed by atoms with Crippen molar-refractivity contribution in [3.8, 4) is 0 Å². The van der Waals surface area contributed by atoms with Crippen LogP contribution in [0.5, 0.6) is 0 Å². The summed E-state index contributed by atoms with van der Waals surface area (Å²) in [5.74, 6) is 0. The van der Waals surface area contributed by atoms with Crippen LogP contribution in [0, 0.1) is 0 Å². The van der Waals surface area contributed by atoms with Crippen LogP contribution in [0.1, 0.15) is 19.4 Å². The van der Waals surface area contributed by atoms with Crippen molar-refractivity contribution in [2.45, 2.75) is 25.6 Å². The summed E-state index contributed by atoms with van der Waals surface area (Å²) in [4.78, 5) is 0. The molecule has 2 atom stereocenters. The first-order chi connectivity index (χ1) is 8.61. The molecule has 2 rings (SSSR count). The van der Waals surface area contributed by atoms with Gasteiger partial charge in [0, 0.05) is 10.7 Å². The van der Waals surface area contributed by atoms with E-state index in [0.717, 1.165) is 10.1 Å². The third-order valence-corrected chi connectivity index (χ3v) is 4.22. The molecule has 2 unspecified atom stereocenters. The smallest absolute Gasteiger partial charge is 0.178 e. The Morgan fingerprint density at radius 2 is 2.17 bits per heavy atom. The van der Waals surface area contributed by atoms with Crippen molar-refractivity contribution in [3.63, 3.8) is 0 Å². The molecule has 0 saturated heterocycles. The van der Waals surface area contributed by atoms with Crippen molar-refractivity contribution in [1.82, 2.24) is 5.32 Å². The molecular formula is C14H17F2NS. The number of benzene rings is 1. The number of halogens is 2. The molecule has 0 aliphatic heterocycles. The van der Waals surface area contributed by atoms with Crippen LogP contribution >= 0.6 is 11.3 Å². The van der Waals surface area contributed by atoms with E-state index in [9.17, 15) is 8.78 Å².